The van der Waals surface area contributed by atoms with E-state index in [1.165, 1.54) is 5.56 Å². The molecule has 1 aliphatic heterocycles. The van der Waals surface area contributed by atoms with Gasteiger partial charge in [-0.3, -0.25) is 4.99 Å². The summed E-state index contributed by atoms with van der Waals surface area (Å²) in [6.07, 6.45) is 4.55. The standard InChI is InChI=1S/C19H31N3O2/c1-3-20-19(22-14-11-18(12-15-22)24-4-2)21-13-5-6-16-7-9-17(23)10-8-16/h7-10,18,23H,3-6,11-15H2,1-2H3,(H,20,21). The van der Waals surface area contributed by atoms with Gasteiger partial charge in [-0.2, -0.15) is 0 Å². The molecule has 0 unspecified atom stereocenters. The van der Waals surface area contributed by atoms with Crippen molar-refractivity contribution in [2.75, 3.05) is 32.8 Å². The second-order valence-electron chi connectivity index (χ2n) is 6.15. The predicted molar refractivity (Wildman–Crippen MR) is 98.6 cm³/mol. The number of nitrogens with one attached hydrogen (secondary N) is 1. The van der Waals surface area contributed by atoms with Crippen molar-refractivity contribution in [2.24, 2.45) is 4.99 Å². The fraction of sp³-hybridized carbons (Fsp3) is 0.632. The number of piperidine rings is 1. The Morgan fingerprint density at radius 1 is 1.25 bits per heavy atom. The van der Waals surface area contributed by atoms with Gasteiger partial charge in [0.1, 0.15) is 5.75 Å². The van der Waals surface area contributed by atoms with Crippen LogP contribution < -0.4 is 5.32 Å². The lowest BCUT2D eigenvalue weighted by molar-refractivity contribution is 0.0264. The summed E-state index contributed by atoms with van der Waals surface area (Å²) in [5.74, 6) is 1.35. The Morgan fingerprint density at radius 2 is 1.96 bits per heavy atom. The van der Waals surface area contributed by atoms with Crippen LogP contribution in [0.4, 0.5) is 0 Å². The Balaban J connectivity index is 1.79. The summed E-state index contributed by atoms with van der Waals surface area (Å²) in [6.45, 7) is 8.70. The molecule has 0 radical (unpaired) electrons. The number of nitrogens with zero attached hydrogens (tertiary/aromatic N) is 2. The van der Waals surface area contributed by atoms with E-state index >= 15 is 0 Å². The summed E-state index contributed by atoms with van der Waals surface area (Å²) in [7, 11) is 0. The van der Waals surface area contributed by atoms with E-state index < -0.39 is 0 Å². The summed E-state index contributed by atoms with van der Waals surface area (Å²) in [5, 5.41) is 12.7. The number of aliphatic imine (C=N–C) groups is 1. The van der Waals surface area contributed by atoms with E-state index in [4.69, 9.17) is 9.73 Å². The SMILES string of the molecule is CCNC(=NCCCc1ccc(O)cc1)N1CCC(OCC)CC1. The number of hydrogen-bond donors (Lipinski definition) is 2. The molecule has 0 saturated carbocycles. The molecule has 0 amide bonds. The highest BCUT2D eigenvalue weighted by Gasteiger charge is 2.21. The van der Waals surface area contributed by atoms with Gasteiger partial charge in [0.15, 0.2) is 5.96 Å². The lowest BCUT2D eigenvalue weighted by atomic mass is 10.1. The third-order valence-corrected chi connectivity index (χ3v) is 4.30. The van der Waals surface area contributed by atoms with Crippen molar-refractivity contribution in [2.45, 2.75) is 45.6 Å². The number of benzene rings is 1. The number of guanidine groups is 1. The van der Waals surface area contributed by atoms with Crippen molar-refractivity contribution >= 4 is 5.96 Å². The van der Waals surface area contributed by atoms with Crippen LogP contribution in [0, 0.1) is 0 Å². The first kappa shape index (κ1) is 18.6. The summed E-state index contributed by atoms with van der Waals surface area (Å²) in [6, 6.07) is 7.43. The molecule has 0 aromatic heterocycles. The molecule has 5 heteroatoms. The van der Waals surface area contributed by atoms with Crippen molar-refractivity contribution in [1.82, 2.24) is 10.2 Å². The van der Waals surface area contributed by atoms with Crippen molar-refractivity contribution in [3.8, 4) is 5.75 Å². The van der Waals surface area contributed by atoms with Crippen LogP contribution in [0.1, 0.15) is 38.7 Å². The molecule has 1 fully saturated rings. The predicted octanol–water partition coefficient (Wildman–Crippen LogP) is 2.79. The molecule has 134 valence electrons. The third kappa shape index (κ3) is 6.04. The largest absolute Gasteiger partial charge is 0.508 e. The van der Waals surface area contributed by atoms with Gasteiger partial charge in [0.25, 0.3) is 0 Å². The van der Waals surface area contributed by atoms with E-state index in [2.05, 4.69) is 24.1 Å². The minimum absolute atomic E-state index is 0.321. The normalized spacial score (nSPS) is 16.4. The molecule has 5 nitrogen and oxygen atoms in total. The second kappa shape index (κ2) is 10.2. The van der Waals surface area contributed by atoms with E-state index in [1.54, 1.807) is 12.1 Å². The number of ether oxygens (including phenoxy) is 1. The average Bonchev–Trinajstić information content (AvgIpc) is 2.60. The highest BCUT2D eigenvalue weighted by atomic mass is 16.5. The number of hydrogen-bond acceptors (Lipinski definition) is 3. The summed E-state index contributed by atoms with van der Waals surface area (Å²) < 4.78 is 5.72. The molecular weight excluding hydrogens is 302 g/mol. The first-order valence-corrected chi connectivity index (χ1v) is 9.15. The molecule has 1 aromatic carbocycles. The Labute approximate surface area is 145 Å². The van der Waals surface area contributed by atoms with Crippen molar-refractivity contribution in [1.29, 1.82) is 0 Å². The molecule has 1 aromatic rings. The molecule has 24 heavy (non-hydrogen) atoms. The van der Waals surface area contributed by atoms with Crippen LogP contribution in [-0.2, 0) is 11.2 Å². The van der Waals surface area contributed by atoms with Crippen LogP contribution in [-0.4, -0.2) is 54.9 Å². The second-order valence-corrected chi connectivity index (χ2v) is 6.15. The maximum atomic E-state index is 9.31. The zero-order chi connectivity index (χ0) is 17.2. The maximum Gasteiger partial charge on any atom is 0.193 e. The topological polar surface area (TPSA) is 57.1 Å². The fourth-order valence-corrected chi connectivity index (χ4v) is 3.03. The first-order chi connectivity index (χ1) is 11.7. The lowest BCUT2D eigenvalue weighted by Crippen LogP contribution is -2.47. The quantitative estimate of drug-likeness (QED) is 0.458. The maximum absolute atomic E-state index is 9.31. The molecule has 1 aliphatic rings. The molecule has 1 heterocycles. The van der Waals surface area contributed by atoms with Crippen LogP contribution in [0.15, 0.2) is 29.3 Å². The Bertz CT molecular complexity index is 494. The summed E-state index contributed by atoms with van der Waals surface area (Å²) in [4.78, 5) is 7.13. The smallest absolute Gasteiger partial charge is 0.193 e. The fourth-order valence-electron chi connectivity index (χ4n) is 3.03. The minimum Gasteiger partial charge on any atom is -0.508 e. The molecule has 0 bridgehead atoms. The molecule has 0 aliphatic carbocycles. The summed E-state index contributed by atoms with van der Waals surface area (Å²) >= 11 is 0. The molecule has 1 saturated heterocycles. The summed E-state index contributed by atoms with van der Waals surface area (Å²) in [5.41, 5.74) is 1.24. The monoisotopic (exact) mass is 333 g/mol. The number of aryl methyl sites for hydroxylation is 1. The van der Waals surface area contributed by atoms with Gasteiger partial charge in [-0.05, 0) is 57.2 Å². The van der Waals surface area contributed by atoms with Gasteiger partial charge in [-0.25, -0.2) is 0 Å². The van der Waals surface area contributed by atoms with Crippen molar-refractivity contribution in [3.63, 3.8) is 0 Å². The van der Waals surface area contributed by atoms with Crippen LogP contribution in [0.3, 0.4) is 0 Å². The van der Waals surface area contributed by atoms with E-state index in [-0.39, 0.29) is 0 Å². The number of phenols is 1. The Hall–Kier alpha value is -1.75. The van der Waals surface area contributed by atoms with Crippen LogP contribution in [0.25, 0.3) is 0 Å². The van der Waals surface area contributed by atoms with Gasteiger partial charge < -0.3 is 20.1 Å². The third-order valence-electron chi connectivity index (χ3n) is 4.30. The number of phenolic OH excluding ortho intramolecular Hbond substituents is 1. The van der Waals surface area contributed by atoms with Crippen molar-refractivity contribution < 1.29 is 9.84 Å². The zero-order valence-electron chi connectivity index (χ0n) is 15.0. The highest BCUT2D eigenvalue weighted by Crippen LogP contribution is 2.14. The van der Waals surface area contributed by atoms with E-state index in [1.807, 2.05) is 12.1 Å². The molecular formula is C19H31N3O2. The van der Waals surface area contributed by atoms with Gasteiger partial charge in [0.05, 0.1) is 6.10 Å². The van der Waals surface area contributed by atoms with Crippen LogP contribution in [0.2, 0.25) is 0 Å². The molecule has 0 spiro atoms. The van der Waals surface area contributed by atoms with Gasteiger partial charge in [-0.1, -0.05) is 12.1 Å². The average molecular weight is 333 g/mol. The van der Waals surface area contributed by atoms with Crippen LogP contribution in [0.5, 0.6) is 5.75 Å². The number of aromatic hydroxyl groups is 1. The number of rotatable bonds is 7. The first-order valence-electron chi connectivity index (χ1n) is 9.15. The van der Waals surface area contributed by atoms with Gasteiger partial charge in [0, 0.05) is 32.8 Å². The lowest BCUT2D eigenvalue weighted by Gasteiger charge is -2.34. The molecule has 2 N–H and O–H groups in total. The molecule has 0 atom stereocenters. The van der Waals surface area contributed by atoms with Gasteiger partial charge in [-0.15, -0.1) is 0 Å². The Kier molecular flexibility index (Phi) is 7.89. The zero-order valence-corrected chi connectivity index (χ0v) is 15.0. The van der Waals surface area contributed by atoms with E-state index in [0.29, 0.717) is 11.9 Å². The van der Waals surface area contributed by atoms with E-state index in [0.717, 1.165) is 64.4 Å². The van der Waals surface area contributed by atoms with Crippen LogP contribution >= 0.6 is 0 Å². The number of likely N-dealkylation sites (tertiary alicyclic amines) is 1. The van der Waals surface area contributed by atoms with E-state index in [9.17, 15) is 5.11 Å². The van der Waals surface area contributed by atoms with Gasteiger partial charge >= 0.3 is 0 Å². The highest BCUT2D eigenvalue weighted by molar-refractivity contribution is 5.80. The minimum atomic E-state index is 0.321. The van der Waals surface area contributed by atoms with Gasteiger partial charge in [0.2, 0.25) is 0 Å². The Morgan fingerprint density at radius 3 is 2.58 bits per heavy atom. The van der Waals surface area contributed by atoms with Crippen molar-refractivity contribution in [3.05, 3.63) is 29.8 Å². The molecule has 2 rings (SSSR count).